The van der Waals surface area contributed by atoms with Gasteiger partial charge in [0.05, 0.1) is 6.26 Å². The van der Waals surface area contributed by atoms with Crippen molar-refractivity contribution in [2.24, 2.45) is 11.8 Å². The average Bonchev–Trinajstić information content (AvgIpc) is 3.14. The number of piperidine rings is 1. The lowest BCUT2D eigenvalue weighted by Crippen LogP contribution is -2.37. The van der Waals surface area contributed by atoms with Crippen molar-refractivity contribution >= 4 is 17.4 Å². The Labute approximate surface area is 162 Å². The second kappa shape index (κ2) is 6.71. The summed E-state index contributed by atoms with van der Waals surface area (Å²) in [7, 11) is 0. The van der Waals surface area contributed by atoms with Crippen molar-refractivity contribution in [3.05, 3.63) is 72.7 Å². The van der Waals surface area contributed by atoms with Gasteiger partial charge in [0.2, 0.25) is 0 Å². The Morgan fingerprint density at radius 1 is 1.04 bits per heavy atom. The van der Waals surface area contributed by atoms with E-state index >= 15 is 0 Å². The number of rotatable bonds is 4. The number of urea groups is 1. The van der Waals surface area contributed by atoms with Crippen LogP contribution in [0, 0.1) is 17.7 Å². The monoisotopic (exact) mass is 377 g/mol. The fraction of sp³-hybridized carbons (Fsp3) is 0.227. The van der Waals surface area contributed by atoms with Crippen LogP contribution in [0.25, 0.3) is 11.3 Å². The van der Waals surface area contributed by atoms with Gasteiger partial charge in [-0.05, 0) is 48.5 Å². The van der Waals surface area contributed by atoms with Crippen molar-refractivity contribution in [1.82, 2.24) is 5.32 Å². The Balaban J connectivity index is 1.15. The normalized spacial score (nSPS) is 22.6. The van der Waals surface area contributed by atoms with E-state index in [0.717, 1.165) is 35.8 Å². The minimum Gasteiger partial charge on any atom is -0.464 e. The molecule has 142 valence electrons. The predicted molar refractivity (Wildman–Crippen MR) is 106 cm³/mol. The fourth-order valence-electron chi connectivity index (χ4n) is 4.11. The summed E-state index contributed by atoms with van der Waals surface area (Å²) in [5, 5.41) is 5.99. The highest BCUT2D eigenvalue weighted by Crippen LogP contribution is 2.46. The van der Waals surface area contributed by atoms with Gasteiger partial charge in [-0.25, -0.2) is 9.18 Å². The molecular formula is C22H20FN3O2. The van der Waals surface area contributed by atoms with Gasteiger partial charge in [0.25, 0.3) is 0 Å². The van der Waals surface area contributed by atoms with Crippen molar-refractivity contribution in [1.29, 1.82) is 0 Å². The molecule has 1 aromatic heterocycles. The van der Waals surface area contributed by atoms with E-state index in [0.29, 0.717) is 11.8 Å². The molecule has 5 nitrogen and oxygen atoms in total. The number of amides is 2. The van der Waals surface area contributed by atoms with Gasteiger partial charge in [-0.2, -0.15) is 0 Å². The zero-order valence-electron chi connectivity index (χ0n) is 15.1. The third-order valence-corrected chi connectivity index (χ3v) is 5.61. The third kappa shape index (κ3) is 3.22. The molecule has 1 unspecified atom stereocenters. The topological polar surface area (TPSA) is 57.5 Å². The van der Waals surface area contributed by atoms with Crippen molar-refractivity contribution in [3.8, 4) is 11.3 Å². The first-order valence-electron chi connectivity index (χ1n) is 9.39. The first-order chi connectivity index (χ1) is 13.7. The molecule has 28 heavy (non-hydrogen) atoms. The van der Waals surface area contributed by atoms with Crippen LogP contribution in [0.3, 0.4) is 0 Å². The predicted octanol–water partition coefficient (Wildman–Crippen LogP) is 4.34. The van der Waals surface area contributed by atoms with Crippen LogP contribution >= 0.6 is 0 Å². The molecule has 1 aliphatic heterocycles. The number of carbonyl (C=O) groups is 1. The van der Waals surface area contributed by atoms with E-state index in [4.69, 9.17) is 4.42 Å². The van der Waals surface area contributed by atoms with E-state index in [1.165, 1.54) is 12.1 Å². The molecule has 3 aromatic rings. The zero-order valence-corrected chi connectivity index (χ0v) is 15.1. The van der Waals surface area contributed by atoms with Crippen LogP contribution in [0.4, 0.5) is 20.6 Å². The molecule has 2 amide bonds. The highest BCUT2D eigenvalue weighted by molar-refractivity contribution is 5.90. The molecule has 2 aliphatic rings. The van der Waals surface area contributed by atoms with Crippen LogP contribution in [0.5, 0.6) is 0 Å². The first-order valence-corrected chi connectivity index (χ1v) is 9.39. The number of nitrogens with one attached hydrogen (secondary N) is 2. The average molecular weight is 377 g/mol. The van der Waals surface area contributed by atoms with Gasteiger partial charge in [-0.1, -0.05) is 12.1 Å². The second-order valence-electron chi connectivity index (χ2n) is 7.39. The molecule has 1 saturated carbocycles. The second-order valence-corrected chi connectivity index (χ2v) is 7.39. The standard InChI is InChI=1S/C22H20FN3O2/c23-15-6-8-17(9-7-15)26-12-18-19(13-26)21(18)25-22(27)24-16-4-1-3-14(11-16)20-5-2-10-28-20/h1-11,18-19,21H,12-13H2,(H2,24,25,27)/t18-,19+,21?. The summed E-state index contributed by atoms with van der Waals surface area (Å²) in [4.78, 5) is 14.6. The molecule has 1 saturated heterocycles. The maximum atomic E-state index is 13.1. The zero-order chi connectivity index (χ0) is 19.1. The summed E-state index contributed by atoms with van der Waals surface area (Å²) in [6.45, 7) is 1.77. The van der Waals surface area contributed by atoms with Crippen LogP contribution in [-0.4, -0.2) is 25.2 Å². The quantitative estimate of drug-likeness (QED) is 0.711. The summed E-state index contributed by atoms with van der Waals surface area (Å²) in [6, 6.07) is 17.9. The van der Waals surface area contributed by atoms with Crippen molar-refractivity contribution in [2.45, 2.75) is 6.04 Å². The summed E-state index contributed by atoms with van der Waals surface area (Å²) < 4.78 is 18.5. The van der Waals surface area contributed by atoms with Crippen LogP contribution in [-0.2, 0) is 0 Å². The van der Waals surface area contributed by atoms with Crippen LogP contribution in [0.1, 0.15) is 0 Å². The first kappa shape index (κ1) is 16.9. The number of hydrogen-bond donors (Lipinski definition) is 2. The Morgan fingerprint density at radius 3 is 2.54 bits per heavy atom. The highest BCUT2D eigenvalue weighted by Gasteiger charge is 2.56. The smallest absolute Gasteiger partial charge is 0.319 e. The lowest BCUT2D eigenvalue weighted by atomic mass is 10.1. The molecule has 2 heterocycles. The maximum Gasteiger partial charge on any atom is 0.319 e. The number of halogens is 1. The molecule has 3 atom stereocenters. The van der Waals surface area contributed by atoms with Crippen molar-refractivity contribution < 1.29 is 13.6 Å². The maximum absolute atomic E-state index is 13.1. The van der Waals surface area contributed by atoms with Crippen LogP contribution in [0.15, 0.2) is 71.3 Å². The van der Waals surface area contributed by atoms with Gasteiger partial charge < -0.3 is 20.0 Å². The molecule has 0 bridgehead atoms. The van der Waals surface area contributed by atoms with E-state index in [-0.39, 0.29) is 17.9 Å². The SMILES string of the molecule is O=C(Nc1cccc(-c2ccco2)c1)NC1[C@H]2CN(c3ccc(F)cc3)C[C@@H]12. The summed E-state index contributed by atoms with van der Waals surface area (Å²) in [5.74, 6) is 1.44. The molecule has 2 N–H and O–H groups in total. The molecular weight excluding hydrogens is 357 g/mol. The minimum atomic E-state index is -0.222. The number of benzene rings is 2. The lowest BCUT2D eigenvalue weighted by molar-refractivity contribution is 0.250. The van der Waals surface area contributed by atoms with E-state index in [2.05, 4.69) is 15.5 Å². The number of anilines is 2. The fourth-order valence-corrected chi connectivity index (χ4v) is 4.11. The Hall–Kier alpha value is -3.28. The number of nitrogens with zero attached hydrogens (tertiary/aromatic N) is 1. The Kier molecular flexibility index (Phi) is 4.04. The summed E-state index contributed by atoms with van der Waals surface area (Å²) in [6.07, 6.45) is 1.63. The van der Waals surface area contributed by atoms with Gasteiger partial charge in [0.15, 0.2) is 0 Å². The van der Waals surface area contributed by atoms with Crippen LogP contribution in [0.2, 0.25) is 0 Å². The highest BCUT2D eigenvalue weighted by atomic mass is 19.1. The van der Waals surface area contributed by atoms with Crippen LogP contribution < -0.4 is 15.5 Å². The number of fused-ring (bicyclic) bond motifs is 1. The van der Waals surface area contributed by atoms with E-state index in [1.54, 1.807) is 18.4 Å². The lowest BCUT2D eigenvalue weighted by Gasteiger charge is -2.22. The van der Waals surface area contributed by atoms with Gasteiger partial charge in [0.1, 0.15) is 11.6 Å². The van der Waals surface area contributed by atoms with Crippen molar-refractivity contribution in [3.63, 3.8) is 0 Å². The van der Waals surface area contributed by atoms with E-state index < -0.39 is 0 Å². The van der Waals surface area contributed by atoms with E-state index in [1.807, 2.05) is 36.4 Å². The summed E-state index contributed by atoms with van der Waals surface area (Å²) >= 11 is 0. The summed E-state index contributed by atoms with van der Waals surface area (Å²) in [5.41, 5.74) is 2.68. The number of furan rings is 1. The molecule has 2 aromatic carbocycles. The molecule has 5 rings (SSSR count). The molecule has 0 spiro atoms. The van der Waals surface area contributed by atoms with Gasteiger partial charge in [-0.3, -0.25) is 0 Å². The van der Waals surface area contributed by atoms with Gasteiger partial charge >= 0.3 is 6.03 Å². The number of carbonyl (C=O) groups excluding carboxylic acids is 1. The minimum absolute atomic E-state index is 0.190. The third-order valence-electron chi connectivity index (χ3n) is 5.61. The molecule has 0 radical (unpaired) electrons. The van der Waals surface area contributed by atoms with Crippen molar-refractivity contribution in [2.75, 3.05) is 23.3 Å². The van der Waals surface area contributed by atoms with E-state index in [9.17, 15) is 9.18 Å². The molecule has 2 fully saturated rings. The number of hydrogen-bond acceptors (Lipinski definition) is 3. The van der Waals surface area contributed by atoms with Gasteiger partial charge in [-0.15, -0.1) is 0 Å². The largest absolute Gasteiger partial charge is 0.464 e. The Morgan fingerprint density at radius 2 is 1.82 bits per heavy atom. The molecule has 1 aliphatic carbocycles. The molecule has 6 heteroatoms. The Bertz CT molecular complexity index is 975. The van der Waals surface area contributed by atoms with Gasteiger partial charge in [0, 0.05) is 47.9 Å².